The van der Waals surface area contributed by atoms with E-state index in [0.29, 0.717) is 26.1 Å². The van der Waals surface area contributed by atoms with Crippen LogP contribution in [0.3, 0.4) is 0 Å². The Bertz CT molecular complexity index is 265. The lowest BCUT2D eigenvalue weighted by Crippen LogP contribution is -2.65. The highest BCUT2D eigenvalue weighted by atomic mass is 16.5. The molecule has 2 rings (SSSR count). The zero-order chi connectivity index (χ0) is 11.6. The summed E-state index contributed by atoms with van der Waals surface area (Å²) in [6.07, 6.45) is 3.87. The van der Waals surface area contributed by atoms with E-state index in [1.807, 2.05) is 0 Å². The lowest BCUT2D eigenvalue weighted by molar-refractivity contribution is -0.133. The summed E-state index contributed by atoms with van der Waals surface area (Å²) in [6.45, 7) is 1.08. The van der Waals surface area contributed by atoms with Crippen LogP contribution in [0, 0.1) is 0 Å². The van der Waals surface area contributed by atoms with Gasteiger partial charge in [-0.05, 0) is 32.1 Å². The van der Waals surface area contributed by atoms with Crippen molar-refractivity contribution in [2.45, 2.75) is 43.2 Å². The number of hydrogen-bond acceptors (Lipinski definition) is 4. The van der Waals surface area contributed by atoms with Crippen molar-refractivity contribution < 1.29 is 14.6 Å². The maximum Gasteiger partial charge on any atom is 0.240 e. The van der Waals surface area contributed by atoms with E-state index in [4.69, 9.17) is 10.5 Å². The van der Waals surface area contributed by atoms with Gasteiger partial charge in [-0.25, -0.2) is 0 Å². The van der Waals surface area contributed by atoms with Crippen molar-refractivity contribution in [1.82, 2.24) is 5.32 Å². The Hall–Kier alpha value is -0.650. The number of carbonyl (C=O) groups excluding carboxylic acids is 1. The summed E-state index contributed by atoms with van der Waals surface area (Å²) < 4.78 is 5.20. The zero-order valence-electron chi connectivity index (χ0n) is 9.50. The Morgan fingerprint density at radius 3 is 2.38 bits per heavy atom. The highest BCUT2D eigenvalue weighted by molar-refractivity contribution is 5.87. The number of hydrogen-bond donors (Lipinski definition) is 3. The second kappa shape index (κ2) is 4.31. The first kappa shape index (κ1) is 11.8. The van der Waals surface area contributed by atoms with Crippen molar-refractivity contribution >= 4 is 5.91 Å². The molecule has 5 heteroatoms. The van der Waals surface area contributed by atoms with Crippen LogP contribution in [0.25, 0.3) is 0 Å². The van der Waals surface area contributed by atoms with Crippen LogP contribution in [-0.2, 0) is 9.53 Å². The van der Waals surface area contributed by atoms with Crippen molar-refractivity contribution in [3.8, 4) is 0 Å². The van der Waals surface area contributed by atoms with Gasteiger partial charge in [0.15, 0.2) is 0 Å². The Kier molecular flexibility index (Phi) is 3.19. The molecule has 1 amide bonds. The number of nitrogens with two attached hydrogens (primary N) is 1. The van der Waals surface area contributed by atoms with E-state index in [-0.39, 0.29) is 12.5 Å². The minimum absolute atomic E-state index is 0.00528. The van der Waals surface area contributed by atoms with Crippen molar-refractivity contribution in [3.63, 3.8) is 0 Å². The van der Waals surface area contributed by atoms with Crippen LogP contribution in [0.4, 0.5) is 0 Å². The molecule has 4 N–H and O–H groups in total. The molecule has 0 aromatic carbocycles. The highest BCUT2D eigenvalue weighted by Crippen LogP contribution is 2.32. The molecule has 5 nitrogen and oxygen atoms in total. The van der Waals surface area contributed by atoms with Crippen LogP contribution in [0.2, 0.25) is 0 Å². The summed E-state index contributed by atoms with van der Waals surface area (Å²) in [7, 11) is 0. The average Bonchev–Trinajstić information content (AvgIpc) is 2.24. The lowest BCUT2D eigenvalue weighted by atomic mass is 9.76. The van der Waals surface area contributed by atoms with Gasteiger partial charge in [-0.15, -0.1) is 0 Å². The first-order valence-corrected chi connectivity index (χ1v) is 5.90. The molecule has 16 heavy (non-hydrogen) atoms. The number of aliphatic hydroxyl groups is 1. The molecule has 0 radical (unpaired) electrons. The third kappa shape index (κ3) is 2.07. The summed E-state index contributed by atoms with van der Waals surface area (Å²) in [5.41, 5.74) is 4.86. The Morgan fingerprint density at radius 2 is 1.94 bits per heavy atom. The molecule has 0 aromatic heterocycles. The van der Waals surface area contributed by atoms with E-state index in [9.17, 15) is 9.90 Å². The molecular weight excluding hydrogens is 208 g/mol. The minimum Gasteiger partial charge on any atom is -0.394 e. The third-order valence-corrected chi connectivity index (χ3v) is 3.83. The molecule has 0 spiro atoms. The number of ether oxygens (including phenoxy) is 1. The SMILES string of the molecule is NC1(C(=O)NC2(CO)CCC2)CCOCC1. The molecule has 0 atom stereocenters. The molecule has 92 valence electrons. The molecule has 0 aromatic rings. The second-order valence-corrected chi connectivity index (χ2v) is 5.01. The Labute approximate surface area is 95.3 Å². The summed E-state index contributed by atoms with van der Waals surface area (Å²) in [5, 5.41) is 12.2. The van der Waals surface area contributed by atoms with E-state index in [1.54, 1.807) is 0 Å². The van der Waals surface area contributed by atoms with E-state index >= 15 is 0 Å². The Morgan fingerprint density at radius 1 is 1.31 bits per heavy atom. The standard InChI is InChI=1S/C11H20N2O3/c12-11(4-6-16-7-5-11)9(15)13-10(8-14)2-1-3-10/h14H,1-8,12H2,(H,13,15). The Balaban J connectivity index is 1.96. The van der Waals surface area contributed by atoms with Crippen LogP contribution < -0.4 is 11.1 Å². The van der Waals surface area contributed by atoms with Gasteiger partial charge in [0.25, 0.3) is 0 Å². The maximum atomic E-state index is 12.1. The van der Waals surface area contributed by atoms with Crippen molar-refractivity contribution in [1.29, 1.82) is 0 Å². The van der Waals surface area contributed by atoms with Crippen molar-refractivity contribution in [2.24, 2.45) is 5.73 Å². The first-order chi connectivity index (χ1) is 7.60. The van der Waals surface area contributed by atoms with E-state index < -0.39 is 11.1 Å². The number of rotatable bonds is 3. The molecule has 1 aliphatic heterocycles. The summed E-state index contributed by atoms with van der Waals surface area (Å²) in [5.74, 6) is -0.135. The predicted octanol–water partition coefficient (Wildman–Crippen LogP) is -0.475. The summed E-state index contributed by atoms with van der Waals surface area (Å²) in [6, 6.07) is 0. The highest BCUT2D eigenvalue weighted by Gasteiger charge is 2.43. The lowest BCUT2D eigenvalue weighted by Gasteiger charge is -2.44. The largest absolute Gasteiger partial charge is 0.394 e. The molecule has 0 bridgehead atoms. The monoisotopic (exact) mass is 228 g/mol. The van der Waals surface area contributed by atoms with E-state index in [2.05, 4.69) is 5.32 Å². The average molecular weight is 228 g/mol. The van der Waals surface area contributed by atoms with Crippen LogP contribution >= 0.6 is 0 Å². The third-order valence-electron chi connectivity index (χ3n) is 3.83. The van der Waals surface area contributed by atoms with Gasteiger partial charge in [0.2, 0.25) is 5.91 Å². The van der Waals surface area contributed by atoms with Gasteiger partial charge in [-0.3, -0.25) is 4.79 Å². The van der Waals surface area contributed by atoms with Gasteiger partial charge in [-0.2, -0.15) is 0 Å². The smallest absolute Gasteiger partial charge is 0.240 e. The molecular formula is C11H20N2O3. The van der Waals surface area contributed by atoms with Gasteiger partial charge in [0.1, 0.15) is 0 Å². The molecule has 1 aliphatic carbocycles. The maximum absolute atomic E-state index is 12.1. The minimum atomic E-state index is -0.810. The van der Waals surface area contributed by atoms with Gasteiger partial charge < -0.3 is 20.9 Å². The first-order valence-electron chi connectivity index (χ1n) is 5.90. The fourth-order valence-electron chi connectivity index (χ4n) is 2.25. The topological polar surface area (TPSA) is 84.6 Å². The predicted molar refractivity (Wildman–Crippen MR) is 58.8 cm³/mol. The van der Waals surface area contributed by atoms with Gasteiger partial charge in [0.05, 0.1) is 17.7 Å². The molecule has 1 saturated carbocycles. The normalized spacial score (nSPS) is 26.9. The summed E-state index contributed by atoms with van der Waals surface area (Å²) in [4.78, 5) is 12.1. The summed E-state index contributed by atoms with van der Waals surface area (Å²) >= 11 is 0. The second-order valence-electron chi connectivity index (χ2n) is 5.01. The van der Waals surface area contributed by atoms with E-state index in [1.165, 1.54) is 0 Å². The number of amides is 1. The molecule has 2 aliphatic rings. The molecule has 2 fully saturated rings. The van der Waals surface area contributed by atoms with E-state index in [0.717, 1.165) is 19.3 Å². The fraction of sp³-hybridized carbons (Fsp3) is 0.909. The van der Waals surface area contributed by atoms with Crippen molar-refractivity contribution in [2.75, 3.05) is 19.8 Å². The molecule has 0 unspecified atom stereocenters. The van der Waals surface area contributed by atoms with Gasteiger partial charge >= 0.3 is 0 Å². The van der Waals surface area contributed by atoms with Gasteiger partial charge in [0, 0.05) is 13.2 Å². The number of nitrogens with one attached hydrogen (secondary N) is 1. The molecule has 1 heterocycles. The van der Waals surface area contributed by atoms with Crippen LogP contribution in [0.15, 0.2) is 0 Å². The van der Waals surface area contributed by atoms with Crippen LogP contribution in [-0.4, -0.2) is 41.9 Å². The fourth-order valence-corrected chi connectivity index (χ4v) is 2.25. The van der Waals surface area contributed by atoms with Crippen LogP contribution in [0.5, 0.6) is 0 Å². The number of carbonyl (C=O) groups is 1. The van der Waals surface area contributed by atoms with Crippen molar-refractivity contribution in [3.05, 3.63) is 0 Å². The molecule has 1 saturated heterocycles. The van der Waals surface area contributed by atoms with Gasteiger partial charge in [-0.1, -0.05) is 0 Å². The zero-order valence-corrected chi connectivity index (χ0v) is 9.50. The quantitative estimate of drug-likeness (QED) is 0.609. The number of aliphatic hydroxyl groups excluding tert-OH is 1. The van der Waals surface area contributed by atoms with Crippen LogP contribution in [0.1, 0.15) is 32.1 Å².